The molecule has 0 radical (unpaired) electrons. The lowest BCUT2D eigenvalue weighted by Crippen LogP contribution is -2.20. The molecular formula is C18H13Br3N2O2. The van der Waals surface area contributed by atoms with Crippen LogP contribution in [0.25, 0.3) is 10.9 Å². The number of halogens is 3. The molecule has 1 aromatic heterocycles. The molecule has 0 bridgehead atoms. The van der Waals surface area contributed by atoms with Gasteiger partial charge in [0.05, 0.1) is 10.2 Å². The number of hydrogen-bond acceptors (Lipinski definition) is 3. The quantitative estimate of drug-likeness (QED) is 0.462. The molecule has 1 heterocycles. The Labute approximate surface area is 170 Å². The van der Waals surface area contributed by atoms with E-state index < -0.39 is 0 Å². The van der Waals surface area contributed by atoms with Crippen molar-refractivity contribution in [1.82, 2.24) is 4.98 Å². The minimum atomic E-state index is -0.247. The first-order chi connectivity index (χ1) is 12.0. The van der Waals surface area contributed by atoms with Gasteiger partial charge in [-0.3, -0.25) is 9.78 Å². The molecule has 7 heteroatoms. The summed E-state index contributed by atoms with van der Waals surface area (Å²) in [7, 11) is 0. The molecule has 0 saturated carbocycles. The van der Waals surface area contributed by atoms with E-state index in [0.717, 1.165) is 24.4 Å². The SMILES string of the molecule is Cc1ccc(NC(=O)COc2c(Br)cc(Br)c3cccnc23)c(Br)c1. The van der Waals surface area contributed by atoms with Gasteiger partial charge in [-0.15, -0.1) is 0 Å². The molecule has 25 heavy (non-hydrogen) atoms. The van der Waals surface area contributed by atoms with E-state index in [4.69, 9.17) is 4.74 Å². The summed E-state index contributed by atoms with van der Waals surface area (Å²) in [5, 5.41) is 3.75. The van der Waals surface area contributed by atoms with Crippen molar-refractivity contribution in [3.63, 3.8) is 0 Å². The van der Waals surface area contributed by atoms with Crippen LogP contribution >= 0.6 is 47.8 Å². The number of nitrogens with zero attached hydrogens (tertiary/aromatic N) is 1. The average Bonchev–Trinajstić information content (AvgIpc) is 2.57. The molecule has 1 N–H and O–H groups in total. The fraction of sp³-hybridized carbons (Fsp3) is 0.111. The summed E-state index contributed by atoms with van der Waals surface area (Å²) in [6.07, 6.45) is 1.69. The minimum Gasteiger partial charge on any atom is -0.480 e. The molecule has 4 nitrogen and oxygen atoms in total. The zero-order valence-electron chi connectivity index (χ0n) is 13.1. The van der Waals surface area contributed by atoms with Crippen LogP contribution < -0.4 is 10.1 Å². The van der Waals surface area contributed by atoms with Crippen LogP contribution in [0.4, 0.5) is 5.69 Å². The van der Waals surface area contributed by atoms with Crippen LogP contribution in [0.2, 0.25) is 0 Å². The molecule has 2 aromatic carbocycles. The van der Waals surface area contributed by atoms with Gasteiger partial charge >= 0.3 is 0 Å². The molecule has 0 fully saturated rings. The third kappa shape index (κ3) is 4.22. The highest BCUT2D eigenvalue weighted by Crippen LogP contribution is 2.37. The lowest BCUT2D eigenvalue weighted by Gasteiger charge is -2.13. The first-order valence-corrected chi connectivity index (χ1v) is 9.75. The zero-order valence-corrected chi connectivity index (χ0v) is 17.9. The number of benzene rings is 2. The first kappa shape index (κ1) is 18.4. The summed E-state index contributed by atoms with van der Waals surface area (Å²) in [5.74, 6) is 0.292. The Kier molecular flexibility index (Phi) is 5.76. The summed E-state index contributed by atoms with van der Waals surface area (Å²) < 4.78 is 8.21. The second-order valence-corrected chi connectivity index (χ2v) is 7.95. The molecule has 0 saturated heterocycles. The molecule has 0 aliphatic heterocycles. The standard InChI is InChI=1S/C18H13Br3N2O2/c1-10-4-5-15(13(20)7-10)23-16(24)9-25-18-14(21)8-12(19)11-3-2-6-22-17(11)18/h2-8H,9H2,1H3,(H,23,24). The predicted octanol–water partition coefficient (Wildman–Crippen LogP) is 5.85. The fourth-order valence-corrected chi connectivity index (χ4v) is 4.31. The van der Waals surface area contributed by atoms with Crippen molar-refractivity contribution < 1.29 is 9.53 Å². The Morgan fingerprint density at radius 3 is 2.68 bits per heavy atom. The number of nitrogens with one attached hydrogen (secondary N) is 1. The predicted molar refractivity (Wildman–Crippen MR) is 110 cm³/mol. The number of hydrogen-bond donors (Lipinski definition) is 1. The number of fused-ring (bicyclic) bond motifs is 1. The van der Waals surface area contributed by atoms with Crippen LogP contribution in [0.15, 0.2) is 56.0 Å². The van der Waals surface area contributed by atoms with Gasteiger partial charge in [-0.2, -0.15) is 0 Å². The van der Waals surface area contributed by atoms with Crippen LogP contribution in [0.3, 0.4) is 0 Å². The van der Waals surface area contributed by atoms with Crippen molar-refractivity contribution in [1.29, 1.82) is 0 Å². The highest BCUT2D eigenvalue weighted by Gasteiger charge is 2.14. The third-order valence-corrected chi connectivity index (χ3v) is 5.40. The third-order valence-electron chi connectivity index (χ3n) is 3.50. The molecule has 0 atom stereocenters. The van der Waals surface area contributed by atoms with Gasteiger partial charge in [0.1, 0.15) is 5.52 Å². The van der Waals surface area contributed by atoms with E-state index in [9.17, 15) is 4.79 Å². The van der Waals surface area contributed by atoms with E-state index in [1.165, 1.54) is 0 Å². The number of aromatic nitrogens is 1. The van der Waals surface area contributed by atoms with Gasteiger partial charge in [0.25, 0.3) is 5.91 Å². The van der Waals surface area contributed by atoms with Crippen molar-refractivity contribution in [2.75, 3.05) is 11.9 Å². The maximum absolute atomic E-state index is 12.2. The number of pyridine rings is 1. The Morgan fingerprint density at radius 2 is 1.92 bits per heavy atom. The highest BCUT2D eigenvalue weighted by molar-refractivity contribution is 9.11. The number of carbonyl (C=O) groups excluding carboxylic acids is 1. The molecule has 0 unspecified atom stereocenters. The lowest BCUT2D eigenvalue weighted by molar-refractivity contribution is -0.118. The zero-order chi connectivity index (χ0) is 18.0. The van der Waals surface area contributed by atoms with Gasteiger partial charge in [0.15, 0.2) is 12.4 Å². The van der Waals surface area contributed by atoms with E-state index in [0.29, 0.717) is 17.0 Å². The minimum absolute atomic E-state index is 0.119. The molecule has 3 rings (SSSR count). The van der Waals surface area contributed by atoms with Gasteiger partial charge in [0.2, 0.25) is 0 Å². The molecule has 0 aliphatic rings. The summed E-state index contributed by atoms with van der Waals surface area (Å²) in [5.41, 5.74) is 2.50. The van der Waals surface area contributed by atoms with Crippen LogP contribution in [-0.2, 0) is 4.79 Å². The Bertz CT molecular complexity index is 960. The highest BCUT2D eigenvalue weighted by atomic mass is 79.9. The van der Waals surface area contributed by atoms with E-state index in [1.54, 1.807) is 6.20 Å². The first-order valence-electron chi connectivity index (χ1n) is 7.37. The number of rotatable bonds is 4. The van der Waals surface area contributed by atoms with E-state index >= 15 is 0 Å². The molecule has 1 amide bonds. The monoisotopic (exact) mass is 526 g/mol. The summed E-state index contributed by atoms with van der Waals surface area (Å²) in [6.45, 7) is 1.87. The summed E-state index contributed by atoms with van der Waals surface area (Å²) in [6, 6.07) is 11.4. The van der Waals surface area contributed by atoms with Crippen LogP contribution in [-0.4, -0.2) is 17.5 Å². The van der Waals surface area contributed by atoms with E-state index in [1.807, 2.05) is 43.3 Å². The van der Waals surface area contributed by atoms with Crippen molar-refractivity contribution in [3.05, 3.63) is 61.6 Å². The van der Waals surface area contributed by atoms with Crippen molar-refractivity contribution in [2.24, 2.45) is 0 Å². The Balaban J connectivity index is 1.77. The topological polar surface area (TPSA) is 51.2 Å². The second-order valence-electron chi connectivity index (χ2n) is 5.39. The number of amides is 1. The molecule has 0 aliphatic carbocycles. The lowest BCUT2D eigenvalue weighted by atomic mass is 10.2. The summed E-state index contributed by atoms with van der Waals surface area (Å²) >= 11 is 10.4. The van der Waals surface area contributed by atoms with Crippen molar-refractivity contribution in [2.45, 2.75) is 6.92 Å². The molecule has 3 aromatic rings. The molecule has 128 valence electrons. The number of aryl methyl sites for hydroxylation is 1. The second kappa shape index (κ2) is 7.85. The Hall–Kier alpha value is -1.44. The number of ether oxygens (including phenoxy) is 1. The van der Waals surface area contributed by atoms with Crippen LogP contribution in [0, 0.1) is 6.92 Å². The van der Waals surface area contributed by atoms with Gasteiger partial charge < -0.3 is 10.1 Å². The Morgan fingerprint density at radius 1 is 1.12 bits per heavy atom. The summed E-state index contributed by atoms with van der Waals surface area (Å²) in [4.78, 5) is 16.6. The van der Waals surface area contributed by atoms with Gasteiger partial charge in [0, 0.05) is 20.5 Å². The largest absolute Gasteiger partial charge is 0.480 e. The average molecular weight is 529 g/mol. The maximum Gasteiger partial charge on any atom is 0.262 e. The number of anilines is 1. The van der Waals surface area contributed by atoms with Gasteiger partial charge in [-0.1, -0.05) is 28.1 Å². The van der Waals surface area contributed by atoms with Crippen molar-refractivity contribution >= 4 is 70.3 Å². The van der Waals surface area contributed by atoms with Gasteiger partial charge in [-0.05, 0) is 68.6 Å². The number of carbonyl (C=O) groups is 1. The molecular weight excluding hydrogens is 516 g/mol. The smallest absolute Gasteiger partial charge is 0.262 e. The fourth-order valence-electron chi connectivity index (χ4n) is 2.33. The van der Waals surface area contributed by atoms with E-state index in [-0.39, 0.29) is 12.5 Å². The normalized spacial score (nSPS) is 10.7. The van der Waals surface area contributed by atoms with E-state index in [2.05, 4.69) is 58.1 Å². The van der Waals surface area contributed by atoms with Crippen LogP contribution in [0.1, 0.15) is 5.56 Å². The maximum atomic E-state index is 12.2. The van der Waals surface area contributed by atoms with Gasteiger partial charge in [-0.25, -0.2) is 0 Å². The van der Waals surface area contributed by atoms with Crippen LogP contribution in [0.5, 0.6) is 5.75 Å². The van der Waals surface area contributed by atoms with Crippen molar-refractivity contribution in [3.8, 4) is 5.75 Å². The molecule has 0 spiro atoms.